The number of rotatable bonds is 3. The van der Waals surface area contributed by atoms with Crippen LogP contribution in [-0.2, 0) is 6.54 Å². The number of hydrogen-bond donors (Lipinski definition) is 1. The van der Waals surface area contributed by atoms with Gasteiger partial charge in [0.25, 0.3) is 0 Å². The molecule has 0 heterocycles. The summed E-state index contributed by atoms with van der Waals surface area (Å²) in [7, 11) is 0. The van der Waals surface area contributed by atoms with Gasteiger partial charge in [-0.15, -0.1) is 0 Å². The van der Waals surface area contributed by atoms with E-state index in [1.54, 1.807) is 0 Å². The molecule has 14 heavy (non-hydrogen) atoms. The molecule has 2 N–H and O–H groups in total. The Hall–Kier alpha value is -0.540. The number of ether oxygens (including phenoxy) is 1. The molecular formula is C11H14BrNO. The van der Waals surface area contributed by atoms with Gasteiger partial charge >= 0.3 is 0 Å². The van der Waals surface area contributed by atoms with E-state index in [1.165, 1.54) is 19.3 Å². The van der Waals surface area contributed by atoms with E-state index in [9.17, 15) is 0 Å². The lowest BCUT2D eigenvalue weighted by molar-refractivity contribution is 0.119. The van der Waals surface area contributed by atoms with Crippen LogP contribution in [-0.4, -0.2) is 6.10 Å². The van der Waals surface area contributed by atoms with Crippen LogP contribution < -0.4 is 10.5 Å². The van der Waals surface area contributed by atoms with Crippen molar-refractivity contribution < 1.29 is 4.74 Å². The van der Waals surface area contributed by atoms with Crippen LogP contribution in [0.25, 0.3) is 0 Å². The Balaban J connectivity index is 2.14. The predicted molar refractivity (Wildman–Crippen MR) is 60.3 cm³/mol. The molecule has 1 aliphatic rings. The summed E-state index contributed by atoms with van der Waals surface area (Å²) in [6.45, 7) is 0.529. The van der Waals surface area contributed by atoms with Gasteiger partial charge in [-0.3, -0.25) is 0 Å². The summed E-state index contributed by atoms with van der Waals surface area (Å²) in [5, 5.41) is 0. The van der Waals surface area contributed by atoms with Gasteiger partial charge in [0.15, 0.2) is 0 Å². The largest absolute Gasteiger partial charge is 0.490 e. The fourth-order valence-corrected chi connectivity index (χ4v) is 1.90. The van der Waals surface area contributed by atoms with E-state index in [0.717, 1.165) is 15.8 Å². The van der Waals surface area contributed by atoms with Crippen molar-refractivity contribution in [3.05, 3.63) is 28.2 Å². The fraction of sp³-hybridized carbons (Fsp3) is 0.455. The lowest BCUT2D eigenvalue weighted by Crippen LogP contribution is -2.25. The van der Waals surface area contributed by atoms with E-state index in [1.807, 2.05) is 18.2 Å². The molecular weight excluding hydrogens is 242 g/mol. The molecule has 1 aromatic carbocycles. The van der Waals surface area contributed by atoms with Gasteiger partial charge in [0.2, 0.25) is 0 Å². The molecule has 0 unspecified atom stereocenters. The van der Waals surface area contributed by atoms with Crippen molar-refractivity contribution in [2.45, 2.75) is 31.9 Å². The van der Waals surface area contributed by atoms with E-state index >= 15 is 0 Å². The molecule has 76 valence electrons. The second-order valence-corrected chi connectivity index (χ2v) is 4.54. The van der Waals surface area contributed by atoms with Crippen molar-refractivity contribution in [1.29, 1.82) is 0 Å². The highest BCUT2D eigenvalue weighted by Crippen LogP contribution is 2.29. The molecule has 0 amide bonds. The molecule has 1 saturated carbocycles. The molecule has 1 aromatic rings. The number of halogens is 1. The smallest absolute Gasteiger partial charge is 0.124 e. The zero-order valence-corrected chi connectivity index (χ0v) is 9.59. The minimum atomic E-state index is 0.418. The minimum Gasteiger partial charge on any atom is -0.490 e. The van der Waals surface area contributed by atoms with E-state index < -0.39 is 0 Å². The average Bonchev–Trinajstić information content (AvgIpc) is 2.13. The summed E-state index contributed by atoms with van der Waals surface area (Å²) in [6, 6.07) is 6.01. The second kappa shape index (κ2) is 4.32. The summed E-state index contributed by atoms with van der Waals surface area (Å²) in [6.07, 6.45) is 4.07. The lowest BCUT2D eigenvalue weighted by atomic mass is 9.96. The first-order valence-corrected chi connectivity index (χ1v) is 5.74. The normalized spacial score (nSPS) is 16.4. The maximum Gasteiger partial charge on any atom is 0.124 e. The van der Waals surface area contributed by atoms with Crippen LogP contribution in [0.5, 0.6) is 5.75 Å². The zero-order valence-electron chi connectivity index (χ0n) is 8.00. The quantitative estimate of drug-likeness (QED) is 0.902. The second-order valence-electron chi connectivity index (χ2n) is 3.63. The highest BCUT2D eigenvalue weighted by molar-refractivity contribution is 9.10. The summed E-state index contributed by atoms with van der Waals surface area (Å²) < 4.78 is 6.88. The highest BCUT2D eigenvalue weighted by Gasteiger charge is 2.19. The van der Waals surface area contributed by atoms with Crippen molar-refractivity contribution in [3.8, 4) is 5.75 Å². The van der Waals surface area contributed by atoms with Gasteiger partial charge in [-0.05, 0) is 37.5 Å². The number of hydrogen-bond acceptors (Lipinski definition) is 2. The Labute approximate surface area is 92.6 Å². The van der Waals surface area contributed by atoms with Crippen molar-refractivity contribution in [2.75, 3.05) is 0 Å². The molecule has 2 rings (SSSR count). The fourth-order valence-electron chi connectivity index (χ4n) is 1.49. The Morgan fingerprint density at radius 2 is 2.21 bits per heavy atom. The van der Waals surface area contributed by atoms with Gasteiger partial charge in [0.05, 0.1) is 6.10 Å². The summed E-state index contributed by atoms with van der Waals surface area (Å²) in [4.78, 5) is 0. The third-order valence-corrected chi connectivity index (χ3v) is 3.08. The zero-order chi connectivity index (χ0) is 9.97. The molecule has 0 aliphatic heterocycles. The van der Waals surface area contributed by atoms with Gasteiger partial charge in [0, 0.05) is 16.6 Å². The molecule has 0 saturated heterocycles. The molecule has 2 nitrogen and oxygen atoms in total. The monoisotopic (exact) mass is 255 g/mol. The average molecular weight is 256 g/mol. The topological polar surface area (TPSA) is 35.2 Å². The maximum absolute atomic E-state index is 5.83. The summed E-state index contributed by atoms with van der Waals surface area (Å²) >= 11 is 3.42. The molecule has 0 bridgehead atoms. The molecule has 0 aromatic heterocycles. The lowest BCUT2D eigenvalue weighted by Gasteiger charge is -2.27. The Morgan fingerprint density at radius 1 is 1.43 bits per heavy atom. The van der Waals surface area contributed by atoms with E-state index in [-0.39, 0.29) is 0 Å². The van der Waals surface area contributed by atoms with Crippen molar-refractivity contribution >= 4 is 15.9 Å². The molecule has 3 heteroatoms. The SMILES string of the molecule is NCc1cc(Br)ccc1OC1CCC1. The van der Waals surface area contributed by atoms with Crippen LogP contribution in [0.4, 0.5) is 0 Å². The van der Waals surface area contributed by atoms with Crippen molar-refractivity contribution in [1.82, 2.24) is 0 Å². The minimum absolute atomic E-state index is 0.418. The Bertz CT molecular complexity index is 323. The standard InChI is InChI=1S/C11H14BrNO/c12-9-4-5-11(8(6-9)7-13)14-10-2-1-3-10/h4-6,10H,1-3,7,13H2. The van der Waals surface area contributed by atoms with Crippen LogP contribution in [0, 0.1) is 0 Å². The molecule has 0 radical (unpaired) electrons. The van der Waals surface area contributed by atoms with Gasteiger partial charge in [0.1, 0.15) is 5.75 Å². The first-order valence-electron chi connectivity index (χ1n) is 4.95. The van der Waals surface area contributed by atoms with Crippen LogP contribution in [0.15, 0.2) is 22.7 Å². The third kappa shape index (κ3) is 2.10. The Kier molecular flexibility index (Phi) is 3.08. The van der Waals surface area contributed by atoms with E-state index in [4.69, 9.17) is 10.5 Å². The first-order chi connectivity index (χ1) is 6.79. The van der Waals surface area contributed by atoms with Crippen molar-refractivity contribution in [3.63, 3.8) is 0 Å². The molecule has 0 atom stereocenters. The number of nitrogens with two attached hydrogens (primary N) is 1. The van der Waals surface area contributed by atoms with Crippen LogP contribution in [0.1, 0.15) is 24.8 Å². The third-order valence-electron chi connectivity index (χ3n) is 2.59. The summed E-state index contributed by atoms with van der Waals surface area (Å²) in [5.74, 6) is 0.945. The highest BCUT2D eigenvalue weighted by atomic mass is 79.9. The molecule has 1 fully saturated rings. The molecule has 0 spiro atoms. The number of benzene rings is 1. The van der Waals surface area contributed by atoms with Crippen molar-refractivity contribution in [2.24, 2.45) is 5.73 Å². The molecule has 1 aliphatic carbocycles. The predicted octanol–water partition coefficient (Wildman–Crippen LogP) is 2.84. The van der Waals surface area contributed by atoms with Crippen LogP contribution in [0.2, 0.25) is 0 Å². The van der Waals surface area contributed by atoms with Gasteiger partial charge in [-0.25, -0.2) is 0 Å². The van der Waals surface area contributed by atoms with Gasteiger partial charge < -0.3 is 10.5 Å². The van der Waals surface area contributed by atoms with Gasteiger partial charge in [-0.1, -0.05) is 15.9 Å². The maximum atomic E-state index is 5.83. The van der Waals surface area contributed by atoms with Crippen LogP contribution >= 0.6 is 15.9 Å². The van der Waals surface area contributed by atoms with E-state index in [0.29, 0.717) is 12.6 Å². The first kappa shape index (κ1) is 9.99. The Morgan fingerprint density at radius 3 is 2.79 bits per heavy atom. The van der Waals surface area contributed by atoms with Crippen LogP contribution in [0.3, 0.4) is 0 Å². The van der Waals surface area contributed by atoms with Gasteiger partial charge in [-0.2, -0.15) is 0 Å². The van der Waals surface area contributed by atoms with E-state index in [2.05, 4.69) is 15.9 Å². The summed E-state index contributed by atoms with van der Waals surface area (Å²) in [5.41, 5.74) is 6.73.